The minimum absolute atomic E-state index is 0.351. The summed E-state index contributed by atoms with van der Waals surface area (Å²) in [6, 6.07) is 23.2. The summed E-state index contributed by atoms with van der Waals surface area (Å²) in [7, 11) is 0. The summed E-state index contributed by atoms with van der Waals surface area (Å²) in [4.78, 5) is 1.19. The van der Waals surface area contributed by atoms with E-state index in [1.807, 2.05) is 6.07 Å². The fourth-order valence-electron chi connectivity index (χ4n) is 2.89. The molecule has 0 aliphatic carbocycles. The minimum Gasteiger partial charge on any atom is -0.456 e. The third kappa shape index (κ3) is 2.58. The van der Waals surface area contributed by atoms with Crippen LogP contribution in [-0.2, 0) is 6.42 Å². The molecule has 1 aliphatic rings. The van der Waals surface area contributed by atoms with Gasteiger partial charge in [0.05, 0.1) is 4.88 Å². The van der Waals surface area contributed by atoms with E-state index in [4.69, 9.17) is 4.74 Å². The van der Waals surface area contributed by atoms with E-state index in [9.17, 15) is 0 Å². The van der Waals surface area contributed by atoms with Gasteiger partial charge in [0.1, 0.15) is 11.5 Å². The molecule has 3 aromatic rings. The molecule has 1 aliphatic heterocycles. The summed E-state index contributed by atoms with van der Waals surface area (Å²) < 4.78 is 6.12. The van der Waals surface area contributed by atoms with Crippen LogP contribution in [0.15, 0.2) is 78.2 Å². The number of rotatable bonds is 3. The lowest BCUT2D eigenvalue weighted by Crippen LogP contribution is -2.10. The highest BCUT2D eigenvalue weighted by atomic mass is 32.1. The molecule has 0 radical (unpaired) electrons. The molecule has 108 valence electrons. The molecular weight excluding hydrogens is 288 g/mol. The zero-order valence-electron chi connectivity index (χ0n) is 12.1. The topological polar surface area (TPSA) is 9.23 Å². The van der Waals surface area contributed by atoms with E-state index < -0.39 is 0 Å². The van der Waals surface area contributed by atoms with Crippen molar-refractivity contribution in [1.29, 1.82) is 0 Å². The number of hydrogen-bond donors (Lipinski definition) is 0. The van der Waals surface area contributed by atoms with Gasteiger partial charge in [0.25, 0.3) is 0 Å². The zero-order valence-corrected chi connectivity index (χ0v) is 12.9. The van der Waals surface area contributed by atoms with Crippen molar-refractivity contribution in [2.45, 2.75) is 12.3 Å². The van der Waals surface area contributed by atoms with Crippen molar-refractivity contribution in [3.05, 3.63) is 94.2 Å². The van der Waals surface area contributed by atoms with Gasteiger partial charge in [-0.3, -0.25) is 0 Å². The Bertz CT molecular complexity index is 788. The number of ether oxygens (including phenoxy) is 1. The molecule has 0 spiro atoms. The van der Waals surface area contributed by atoms with Crippen LogP contribution >= 0.6 is 11.3 Å². The molecule has 22 heavy (non-hydrogen) atoms. The maximum Gasteiger partial charge on any atom is 0.141 e. The van der Waals surface area contributed by atoms with E-state index in [0.717, 1.165) is 17.9 Å². The second-order valence-corrected chi connectivity index (χ2v) is 6.39. The van der Waals surface area contributed by atoms with Crippen LogP contribution in [0.5, 0.6) is 5.75 Å². The maximum absolute atomic E-state index is 6.12. The smallest absolute Gasteiger partial charge is 0.141 e. The van der Waals surface area contributed by atoms with Gasteiger partial charge in [-0.2, -0.15) is 0 Å². The van der Waals surface area contributed by atoms with E-state index in [-0.39, 0.29) is 0 Å². The molecule has 2 aromatic carbocycles. The lowest BCUT2D eigenvalue weighted by atomic mass is 9.89. The van der Waals surface area contributed by atoms with Gasteiger partial charge in [0.2, 0.25) is 0 Å². The molecule has 1 nitrogen and oxygen atoms in total. The van der Waals surface area contributed by atoms with Crippen molar-refractivity contribution in [2.24, 2.45) is 0 Å². The SMILES string of the molecule is C1=C(c2cccs2)Oc2ccccc2C1Cc1ccccc1. The van der Waals surface area contributed by atoms with Crippen molar-refractivity contribution in [2.75, 3.05) is 0 Å². The lowest BCUT2D eigenvalue weighted by molar-refractivity contribution is 0.487. The van der Waals surface area contributed by atoms with Crippen LogP contribution in [0.4, 0.5) is 0 Å². The Hall–Kier alpha value is -2.32. The number of para-hydroxylation sites is 1. The van der Waals surface area contributed by atoms with Crippen LogP contribution in [0.1, 0.15) is 21.9 Å². The largest absolute Gasteiger partial charge is 0.456 e. The maximum atomic E-state index is 6.12. The van der Waals surface area contributed by atoms with Crippen molar-refractivity contribution in [1.82, 2.24) is 0 Å². The lowest BCUT2D eigenvalue weighted by Gasteiger charge is -2.24. The highest BCUT2D eigenvalue weighted by molar-refractivity contribution is 7.11. The number of allylic oxidation sites excluding steroid dienone is 1. The molecule has 1 aromatic heterocycles. The molecule has 2 heteroatoms. The molecule has 0 fully saturated rings. The Kier molecular flexibility index (Phi) is 3.53. The first-order valence-corrected chi connectivity index (χ1v) is 8.34. The summed E-state index contributed by atoms with van der Waals surface area (Å²) in [5, 5.41) is 2.09. The van der Waals surface area contributed by atoms with Crippen LogP contribution < -0.4 is 4.74 Å². The predicted molar refractivity (Wildman–Crippen MR) is 92.3 cm³/mol. The summed E-state index contributed by atoms with van der Waals surface area (Å²) in [6.07, 6.45) is 3.26. The molecular formula is C20H16OS. The summed E-state index contributed by atoms with van der Waals surface area (Å²) in [5.74, 6) is 2.31. The van der Waals surface area contributed by atoms with Crippen LogP contribution in [0.2, 0.25) is 0 Å². The van der Waals surface area contributed by atoms with Gasteiger partial charge < -0.3 is 4.74 Å². The molecule has 0 amide bonds. The molecule has 0 N–H and O–H groups in total. The average molecular weight is 304 g/mol. The van der Waals surface area contributed by atoms with Crippen LogP contribution in [0, 0.1) is 0 Å². The summed E-state index contributed by atoms with van der Waals surface area (Å²) in [6.45, 7) is 0. The summed E-state index contributed by atoms with van der Waals surface area (Å²) in [5.41, 5.74) is 2.62. The minimum atomic E-state index is 0.351. The second-order valence-electron chi connectivity index (χ2n) is 5.44. The van der Waals surface area contributed by atoms with Gasteiger partial charge in [0, 0.05) is 11.5 Å². The fraction of sp³-hybridized carbons (Fsp3) is 0.100. The van der Waals surface area contributed by atoms with Crippen LogP contribution in [0.3, 0.4) is 0 Å². The number of hydrogen-bond acceptors (Lipinski definition) is 2. The van der Waals surface area contributed by atoms with Crippen molar-refractivity contribution in [3.8, 4) is 5.75 Å². The number of fused-ring (bicyclic) bond motifs is 1. The third-order valence-corrected chi connectivity index (χ3v) is 4.84. The fourth-order valence-corrected chi connectivity index (χ4v) is 3.58. The van der Waals surface area contributed by atoms with E-state index >= 15 is 0 Å². The monoisotopic (exact) mass is 304 g/mol. The quantitative estimate of drug-likeness (QED) is 0.620. The molecule has 0 bridgehead atoms. The van der Waals surface area contributed by atoms with Crippen molar-refractivity contribution in [3.63, 3.8) is 0 Å². The predicted octanol–water partition coefficient (Wildman–Crippen LogP) is 5.51. The van der Waals surface area contributed by atoms with E-state index in [1.165, 1.54) is 16.0 Å². The first kappa shape index (κ1) is 13.4. The van der Waals surface area contributed by atoms with Crippen LogP contribution in [0.25, 0.3) is 5.76 Å². The van der Waals surface area contributed by atoms with E-state index in [1.54, 1.807) is 11.3 Å². The van der Waals surface area contributed by atoms with Gasteiger partial charge in [0.15, 0.2) is 0 Å². The molecule has 2 heterocycles. The highest BCUT2D eigenvalue weighted by Crippen LogP contribution is 2.39. The zero-order chi connectivity index (χ0) is 14.8. The first-order chi connectivity index (χ1) is 10.9. The molecule has 4 rings (SSSR count). The Labute approximate surface area is 134 Å². The Balaban J connectivity index is 1.73. The van der Waals surface area contributed by atoms with E-state index in [0.29, 0.717) is 5.92 Å². The van der Waals surface area contributed by atoms with Crippen molar-refractivity contribution >= 4 is 17.1 Å². The third-order valence-electron chi connectivity index (χ3n) is 3.95. The second kappa shape index (κ2) is 5.82. The van der Waals surface area contributed by atoms with Gasteiger partial charge in [-0.05, 0) is 35.6 Å². The molecule has 1 unspecified atom stereocenters. The Morgan fingerprint density at radius 1 is 0.864 bits per heavy atom. The van der Waals surface area contributed by atoms with Crippen LogP contribution in [-0.4, -0.2) is 0 Å². The van der Waals surface area contributed by atoms with Crippen molar-refractivity contribution < 1.29 is 4.74 Å². The normalized spacial score (nSPS) is 16.5. The average Bonchev–Trinajstić information content (AvgIpc) is 3.10. The molecule has 1 atom stereocenters. The standard InChI is InChI=1S/C20H16OS/c1-2-7-15(8-3-1)13-16-14-19(20-11-6-12-22-20)21-18-10-5-4-9-17(16)18/h1-12,14,16H,13H2. The Morgan fingerprint density at radius 2 is 1.68 bits per heavy atom. The van der Waals surface area contributed by atoms with E-state index in [2.05, 4.69) is 72.1 Å². The molecule has 0 saturated heterocycles. The summed E-state index contributed by atoms with van der Waals surface area (Å²) >= 11 is 1.72. The van der Waals surface area contributed by atoms with Gasteiger partial charge in [-0.25, -0.2) is 0 Å². The van der Waals surface area contributed by atoms with Gasteiger partial charge >= 0.3 is 0 Å². The number of benzene rings is 2. The molecule has 0 saturated carbocycles. The Morgan fingerprint density at radius 3 is 2.50 bits per heavy atom. The van der Waals surface area contributed by atoms with Gasteiger partial charge in [-0.1, -0.05) is 54.6 Å². The highest BCUT2D eigenvalue weighted by Gasteiger charge is 2.22. The number of thiophene rings is 1. The van der Waals surface area contributed by atoms with Gasteiger partial charge in [-0.15, -0.1) is 11.3 Å². The first-order valence-electron chi connectivity index (χ1n) is 7.46.